The SMILES string of the molecule is CNC(=O)c1cccc(N(C)C(=O)CCc2n[nH]c3ncccc23)c1. The Morgan fingerprint density at radius 2 is 2.08 bits per heavy atom. The molecule has 0 radical (unpaired) electrons. The number of fused-ring (bicyclic) bond motifs is 1. The van der Waals surface area contributed by atoms with Gasteiger partial charge in [0, 0.05) is 49.8 Å². The molecule has 0 saturated heterocycles. The average molecular weight is 337 g/mol. The van der Waals surface area contributed by atoms with E-state index in [0.29, 0.717) is 24.1 Å². The zero-order valence-corrected chi connectivity index (χ0v) is 14.1. The lowest BCUT2D eigenvalue weighted by Gasteiger charge is -2.18. The van der Waals surface area contributed by atoms with Crippen LogP contribution in [-0.2, 0) is 11.2 Å². The van der Waals surface area contributed by atoms with Crippen LogP contribution >= 0.6 is 0 Å². The highest BCUT2D eigenvalue weighted by atomic mass is 16.2. The van der Waals surface area contributed by atoms with Crippen molar-refractivity contribution in [3.63, 3.8) is 0 Å². The van der Waals surface area contributed by atoms with Crippen molar-refractivity contribution in [3.05, 3.63) is 53.9 Å². The number of rotatable bonds is 5. The second-order valence-electron chi connectivity index (χ2n) is 5.65. The highest BCUT2D eigenvalue weighted by molar-refractivity contribution is 5.97. The van der Waals surface area contributed by atoms with Crippen LogP contribution in [0.2, 0.25) is 0 Å². The van der Waals surface area contributed by atoms with Crippen molar-refractivity contribution in [3.8, 4) is 0 Å². The third-order valence-electron chi connectivity index (χ3n) is 4.09. The number of nitrogens with zero attached hydrogens (tertiary/aromatic N) is 3. The lowest BCUT2D eigenvalue weighted by atomic mass is 10.1. The molecule has 2 N–H and O–H groups in total. The molecule has 0 atom stereocenters. The maximum Gasteiger partial charge on any atom is 0.251 e. The zero-order valence-electron chi connectivity index (χ0n) is 14.1. The van der Waals surface area contributed by atoms with Crippen LogP contribution in [0.5, 0.6) is 0 Å². The van der Waals surface area contributed by atoms with Gasteiger partial charge in [-0.2, -0.15) is 5.10 Å². The van der Waals surface area contributed by atoms with E-state index in [0.717, 1.165) is 16.7 Å². The number of benzene rings is 1. The Kier molecular flexibility index (Phi) is 4.74. The van der Waals surface area contributed by atoms with Gasteiger partial charge in [0.05, 0.1) is 5.69 Å². The number of carbonyl (C=O) groups is 2. The highest BCUT2D eigenvalue weighted by Gasteiger charge is 2.15. The number of hydrogen-bond donors (Lipinski definition) is 2. The molecule has 0 aliphatic carbocycles. The third-order valence-corrected chi connectivity index (χ3v) is 4.09. The smallest absolute Gasteiger partial charge is 0.251 e. The summed E-state index contributed by atoms with van der Waals surface area (Å²) in [7, 11) is 3.28. The van der Waals surface area contributed by atoms with E-state index in [1.54, 1.807) is 49.5 Å². The standard InChI is InChI=1S/C18H19N5O2/c1-19-18(25)12-5-3-6-13(11-12)23(2)16(24)9-8-15-14-7-4-10-20-17(14)22-21-15/h3-7,10-11H,8-9H2,1-2H3,(H,19,25)(H,20,21,22). The van der Waals surface area contributed by atoms with Crippen LogP contribution < -0.4 is 10.2 Å². The molecule has 0 bridgehead atoms. The first-order valence-corrected chi connectivity index (χ1v) is 7.97. The number of aromatic amines is 1. The molecule has 3 aromatic rings. The Balaban J connectivity index is 1.70. The van der Waals surface area contributed by atoms with Crippen molar-refractivity contribution < 1.29 is 9.59 Å². The number of pyridine rings is 1. The van der Waals surface area contributed by atoms with Crippen molar-refractivity contribution in [1.29, 1.82) is 0 Å². The second-order valence-corrected chi connectivity index (χ2v) is 5.65. The van der Waals surface area contributed by atoms with Gasteiger partial charge in [0.1, 0.15) is 0 Å². The number of nitrogens with one attached hydrogen (secondary N) is 2. The van der Waals surface area contributed by atoms with Gasteiger partial charge in [0.2, 0.25) is 5.91 Å². The molecule has 2 aromatic heterocycles. The molecule has 7 heteroatoms. The van der Waals surface area contributed by atoms with Gasteiger partial charge >= 0.3 is 0 Å². The third kappa shape index (κ3) is 3.50. The van der Waals surface area contributed by atoms with E-state index in [9.17, 15) is 9.59 Å². The van der Waals surface area contributed by atoms with Crippen LogP contribution in [0, 0.1) is 0 Å². The molecule has 0 aliphatic rings. The van der Waals surface area contributed by atoms with Crippen LogP contribution in [-0.4, -0.2) is 41.1 Å². The fourth-order valence-electron chi connectivity index (χ4n) is 2.64. The van der Waals surface area contributed by atoms with E-state index < -0.39 is 0 Å². The van der Waals surface area contributed by atoms with Crippen molar-refractivity contribution >= 4 is 28.5 Å². The maximum atomic E-state index is 12.5. The zero-order chi connectivity index (χ0) is 17.8. The molecule has 0 fully saturated rings. The van der Waals surface area contributed by atoms with Gasteiger partial charge in [-0.15, -0.1) is 0 Å². The summed E-state index contributed by atoms with van der Waals surface area (Å²) in [6.07, 6.45) is 2.53. The molecule has 0 saturated carbocycles. The van der Waals surface area contributed by atoms with E-state index in [1.165, 1.54) is 0 Å². The Hall–Kier alpha value is -3.22. The first-order valence-electron chi connectivity index (χ1n) is 7.97. The minimum Gasteiger partial charge on any atom is -0.355 e. The molecule has 7 nitrogen and oxygen atoms in total. The number of aryl methyl sites for hydroxylation is 1. The van der Waals surface area contributed by atoms with Crippen LogP contribution in [0.4, 0.5) is 5.69 Å². The predicted molar refractivity (Wildman–Crippen MR) is 95.5 cm³/mol. The molecule has 1 aromatic carbocycles. The van der Waals surface area contributed by atoms with Crippen molar-refractivity contribution in [2.75, 3.05) is 19.0 Å². The number of H-pyrrole nitrogens is 1. The minimum absolute atomic E-state index is 0.0471. The molecule has 25 heavy (non-hydrogen) atoms. The van der Waals surface area contributed by atoms with Crippen LogP contribution in [0.15, 0.2) is 42.6 Å². The molecule has 128 valence electrons. The van der Waals surface area contributed by atoms with E-state index in [4.69, 9.17) is 0 Å². The van der Waals surface area contributed by atoms with Crippen molar-refractivity contribution in [1.82, 2.24) is 20.5 Å². The van der Waals surface area contributed by atoms with Crippen LogP contribution in [0.25, 0.3) is 11.0 Å². The summed E-state index contributed by atoms with van der Waals surface area (Å²) in [5, 5.41) is 10.6. The van der Waals surface area contributed by atoms with Gasteiger partial charge in [0.25, 0.3) is 5.91 Å². The van der Waals surface area contributed by atoms with Gasteiger partial charge in [0.15, 0.2) is 5.65 Å². The predicted octanol–water partition coefficient (Wildman–Crippen LogP) is 1.91. The molecule has 2 heterocycles. The van der Waals surface area contributed by atoms with Gasteiger partial charge < -0.3 is 10.2 Å². The van der Waals surface area contributed by atoms with Gasteiger partial charge in [-0.3, -0.25) is 14.7 Å². The lowest BCUT2D eigenvalue weighted by molar-refractivity contribution is -0.118. The maximum absolute atomic E-state index is 12.5. The number of aromatic nitrogens is 3. The van der Waals surface area contributed by atoms with Gasteiger partial charge in [-0.05, 0) is 30.3 Å². The number of anilines is 1. The minimum atomic E-state index is -0.182. The largest absolute Gasteiger partial charge is 0.355 e. The Morgan fingerprint density at radius 3 is 2.88 bits per heavy atom. The summed E-state index contributed by atoms with van der Waals surface area (Å²) in [5.74, 6) is -0.229. The summed E-state index contributed by atoms with van der Waals surface area (Å²) in [4.78, 5) is 30.0. The molecule has 3 rings (SSSR count). The molecule has 0 spiro atoms. The van der Waals surface area contributed by atoms with E-state index in [1.807, 2.05) is 12.1 Å². The number of hydrogen-bond acceptors (Lipinski definition) is 4. The number of carbonyl (C=O) groups excluding carboxylic acids is 2. The summed E-state index contributed by atoms with van der Waals surface area (Å²) in [6.45, 7) is 0. The molecular formula is C18H19N5O2. The van der Waals surface area contributed by atoms with Crippen molar-refractivity contribution in [2.45, 2.75) is 12.8 Å². The molecule has 0 aliphatic heterocycles. The lowest BCUT2D eigenvalue weighted by Crippen LogP contribution is -2.27. The Bertz CT molecular complexity index is 918. The highest BCUT2D eigenvalue weighted by Crippen LogP contribution is 2.18. The van der Waals surface area contributed by atoms with Crippen molar-refractivity contribution in [2.24, 2.45) is 0 Å². The Morgan fingerprint density at radius 1 is 1.24 bits per heavy atom. The van der Waals surface area contributed by atoms with Gasteiger partial charge in [-0.25, -0.2) is 4.98 Å². The van der Waals surface area contributed by atoms with Gasteiger partial charge in [-0.1, -0.05) is 6.07 Å². The molecule has 2 amide bonds. The summed E-state index contributed by atoms with van der Waals surface area (Å²) in [6, 6.07) is 10.8. The first kappa shape index (κ1) is 16.6. The normalized spacial score (nSPS) is 10.6. The fourth-order valence-corrected chi connectivity index (χ4v) is 2.64. The second kappa shape index (κ2) is 7.12. The quantitative estimate of drug-likeness (QED) is 0.744. The van der Waals surface area contributed by atoms with E-state index in [-0.39, 0.29) is 11.8 Å². The first-order chi connectivity index (χ1) is 12.1. The summed E-state index contributed by atoms with van der Waals surface area (Å²) in [5.41, 5.74) is 2.74. The Labute approximate surface area is 145 Å². The number of amides is 2. The topological polar surface area (TPSA) is 91.0 Å². The fraction of sp³-hybridized carbons (Fsp3) is 0.222. The van der Waals surface area contributed by atoms with Crippen LogP contribution in [0.3, 0.4) is 0 Å². The summed E-state index contributed by atoms with van der Waals surface area (Å²) < 4.78 is 0. The average Bonchev–Trinajstić information content (AvgIpc) is 3.08. The molecule has 0 unspecified atom stereocenters. The van der Waals surface area contributed by atoms with E-state index in [2.05, 4.69) is 20.5 Å². The van der Waals surface area contributed by atoms with E-state index >= 15 is 0 Å². The summed E-state index contributed by atoms with van der Waals surface area (Å²) >= 11 is 0. The monoisotopic (exact) mass is 337 g/mol. The molecular weight excluding hydrogens is 318 g/mol. The van der Waals surface area contributed by atoms with Crippen LogP contribution in [0.1, 0.15) is 22.5 Å².